The molecule has 0 amide bonds. The molecule has 28 heavy (non-hydrogen) atoms. The minimum absolute atomic E-state index is 0.135. The average molecular weight is 421 g/mol. The molecule has 146 valence electrons. The van der Waals surface area contributed by atoms with Crippen LogP contribution in [0.2, 0.25) is 0 Å². The van der Waals surface area contributed by atoms with Gasteiger partial charge in [-0.1, -0.05) is 12.1 Å². The molecule has 0 aliphatic carbocycles. The summed E-state index contributed by atoms with van der Waals surface area (Å²) in [6.07, 6.45) is 0. The molecular formula is C18H16FN3O4S2. The Hall–Kier alpha value is -2.85. The number of hydrogen-bond acceptors (Lipinski definition) is 6. The lowest BCUT2D eigenvalue weighted by Gasteiger charge is -2.24. The van der Waals surface area contributed by atoms with E-state index < -0.39 is 31.3 Å². The average Bonchev–Trinajstić information content (AvgIpc) is 3.05. The minimum atomic E-state index is -4.33. The first-order valence-corrected chi connectivity index (χ1v) is 10.5. The lowest BCUT2D eigenvalue weighted by Crippen LogP contribution is -2.31. The molecule has 0 fully saturated rings. The smallest absolute Gasteiger partial charge is 0.260 e. The molecule has 0 spiro atoms. The minimum Gasteiger partial charge on any atom is -0.260 e. The van der Waals surface area contributed by atoms with Crippen LogP contribution in [0.3, 0.4) is 0 Å². The highest BCUT2D eigenvalue weighted by molar-refractivity contribution is 7.93. The molecule has 0 atom stereocenters. The Labute approximate surface area is 165 Å². The first kappa shape index (κ1) is 19.9. The molecule has 7 nitrogen and oxygen atoms in total. The van der Waals surface area contributed by atoms with Crippen molar-refractivity contribution in [3.8, 4) is 0 Å². The van der Waals surface area contributed by atoms with Gasteiger partial charge in [-0.3, -0.25) is 14.4 Å². The summed E-state index contributed by atoms with van der Waals surface area (Å²) >= 11 is 1.36. The summed E-state index contributed by atoms with van der Waals surface area (Å²) in [6, 6.07) is 8.98. The second-order valence-electron chi connectivity index (χ2n) is 6.03. The Balaban J connectivity index is 2.19. The monoisotopic (exact) mass is 421 g/mol. The van der Waals surface area contributed by atoms with E-state index in [1.165, 1.54) is 42.5 Å². The van der Waals surface area contributed by atoms with Crippen LogP contribution < -0.4 is 4.31 Å². The van der Waals surface area contributed by atoms with Gasteiger partial charge in [-0.2, -0.15) is 0 Å². The van der Waals surface area contributed by atoms with Gasteiger partial charge in [-0.15, -0.1) is 11.3 Å². The normalized spacial score (nSPS) is 11.4. The molecular weight excluding hydrogens is 405 g/mol. The second-order valence-corrected chi connectivity index (χ2v) is 8.89. The highest BCUT2D eigenvalue weighted by Gasteiger charge is 2.34. The molecule has 0 N–H and O–H groups in total. The number of halogens is 1. The first-order chi connectivity index (χ1) is 13.2. The Kier molecular flexibility index (Phi) is 5.43. The third-order valence-electron chi connectivity index (χ3n) is 4.02. The van der Waals surface area contributed by atoms with Gasteiger partial charge in [0.1, 0.15) is 5.82 Å². The van der Waals surface area contributed by atoms with Crippen molar-refractivity contribution in [2.45, 2.75) is 25.3 Å². The molecule has 1 heterocycles. The maximum absolute atomic E-state index is 13.5. The molecule has 0 unspecified atom stereocenters. The van der Waals surface area contributed by atoms with E-state index in [0.717, 1.165) is 27.5 Å². The number of nitrogens with zero attached hydrogens (tertiary/aromatic N) is 3. The van der Waals surface area contributed by atoms with Gasteiger partial charge in [0.2, 0.25) is 0 Å². The standard InChI is InChI=1S/C18H16FN3O4S2/c1-12-4-3-5-17(22(23)24)18(12)28(25,26)21(10-15-11-27-13(2)20-15)16-8-6-14(19)7-9-16/h3-9,11H,10H2,1-2H3. The lowest BCUT2D eigenvalue weighted by atomic mass is 10.2. The quantitative estimate of drug-likeness (QED) is 0.439. The van der Waals surface area contributed by atoms with Crippen LogP contribution in [0.4, 0.5) is 15.8 Å². The summed E-state index contributed by atoms with van der Waals surface area (Å²) in [5, 5.41) is 13.9. The van der Waals surface area contributed by atoms with Gasteiger partial charge >= 0.3 is 0 Å². The van der Waals surface area contributed by atoms with Gasteiger partial charge in [0.15, 0.2) is 4.90 Å². The van der Waals surface area contributed by atoms with E-state index in [9.17, 15) is 22.9 Å². The van der Waals surface area contributed by atoms with Crippen LogP contribution in [-0.2, 0) is 16.6 Å². The van der Waals surface area contributed by atoms with Crippen molar-refractivity contribution < 1.29 is 17.7 Å². The van der Waals surface area contributed by atoms with Crippen LogP contribution in [0.5, 0.6) is 0 Å². The first-order valence-electron chi connectivity index (χ1n) is 8.13. The van der Waals surface area contributed by atoms with Crippen molar-refractivity contribution in [3.63, 3.8) is 0 Å². The summed E-state index contributed by atoms with van der Waals surface area (Å²) in [6.45, 7) is 3.15. The van der Waals surface area contributed by atoms with Gasteiger partial charge in [0.05, 0.1) is 27.9 Å². The number of sulfonamides is 1. The number of anilines is 1. The van der Waals surface area contributed by atoms with Crippen molar-refractivity contribution in [2.75, 3.05) is 4.31 Å². The maximum Gasteiger partial charge on any atom is 0.290 e. The summed E-state index contributed by atoms with van der Waals surface area (Å²) in [5.74, 6) is -0.521. The van der Waals surface area contributed by atoms with Crippen LogP contribution in [-0.4, -0.2) is 18.3 Å². The van der Waals surface area contributed by atoms with Crippen molar-refractivity contribution in [1.29, 1.82) is 0 Å². The van der Waals surface area contributed by atoms with E-state index in [1.54, 1.807) is 12.3 Å². The van der Waals surface area contributed by atoms with Crippen molar-refractivity contribution in [1.82, 2.24) is 4.98 Å². The van der Waals surface area contributed by atoms with Crippen LogP contribution in [0.15, 0.2) is 52.7 Å². The van der Waals surface area contributed by atoms with Crippen LogP contribution in [0.1, 0.15) is 16.3 Å². The van der Waals surface area contributed by atoms with E-state index in [0.29, 0.717) is 5.69 Å². The van der Waals surface area contributed by atoms with Gasteiger partial charge in [-0.05, 0) is 43.7 Å². The predicted octanol–water partition coefficient (Wildman–Crippen LogP) is 4.20. The SMILES string of the molecule is Cc1nc(CN(c2ccc(F)cc2)S(=O)(=O)c2c(C)cccc2[N+](=O)[O-])cs1. The summed E-state index contributed by atoms with van der Waals surface area (Å²) in [5.41, 5.74) is 0.411. The van der Waals surface area contributed by atoms with E-state index in [4.69, 9.17) is 0 Å². The largest absolute Gasteiger partial charge is 0.290 e. The Morgan fingerprint density at radius 1 is 1.18 bits per heavy atom. The zero-order valence-electron chi connectivity index (χ0n) is 15.0. The maximum atomic E-state index is 13.5. The van der Waals surface area contributed by atoms with E-state index in [1.807, 2.05) is 0 Å². The van der Waals surface area contributed by atoms with Crippen LogP contribution in [0, 0.1) is 29.8 Å². The third-order valence-corrected chi connectivity index (χ3v) is 6.81. The van der Waals surface area contributed by atoms with E-state index in [2.05, 4.69) is 4.98 Å². The lowest BCUT2D eigenvalue weighted by molar-refractivity contribution is -0.387. The fourth-order valence-corrected chi connectivity index (χ4v) is 5.18. The van der Waals surface area contributed by atoms with Crippen LogP contribution >= 0.6 is 11.3 Å². The number of thiazole rings is 1. The number of nitro benzene ring substituents is 1. The highest BCUT2D eigenvalue weighted by Crippen LogP contribution is 2.33. The summed E-state index contributed by atoms with van der Waals surface area (Å²) in [4.78, 5) is 14.6. The topological polar surface area (TPSA) is 93.4 Å². The number of aromatic nitrogens is 1. The fourth-order valence-electron chi connectivity index (χ4n) is 2.78. The molecule has 3 aromatic rings. The molecule has 10 heteroatoms. The zero-order chi connectivity index (χ0) is 20.5. The van der Waals surface area contributed by atoms with Gasteiger partial charge in [0.25, 0.3) is 15.7 Å². The fraction of sp³-hybridized carbons (Fsp3) is 0.167. The molecule has 0 saturated heterocycles. The molecule has 0 saturated carbocycles. The zero-order valence-corrected chi connectivity index (χ0v) is 16.6. The molecule has 0 radical (unpaired) electrons. The predicted molar refractivity (Wildman–Crippen MR) is 104 cm³/mol. The molecule has 2 aromatic carbocycles. The number of hydrogen-bond donors (Lipinski definition) is 0. The number of nitro groups is 1. The number of aryl methyl sites for hydroxylation is 2. The Morgan fingerprint density at radius 2 is 1.86 bits per heavy atom. The van der Waals surface area contributed by atoms with Gasteiger partial charge < -0.3 is 0 Å². The number of benzene rings is 2. The van der Waals surface area contributed by atoms with E-state index >= 15 is 0 Å². The Morgan fingerprint density at radius 3 is 2.43 bits per heavy atom. The van der Waals surface area contributed by atoms with Gasteiger partial charge in [0, 0.05) is 11.4 Å². The molecule has 0 aliphatic heterocycles. The molecule has 0 aliphatic rings. The van der Waals surface area contributed by atoms with E-state index in [-0.39, 0.29) is 17.8 Å². The Bertz CT molecular complexity index is 1130. The molecule has 1 aromatic heterocycles. The second kappa shape index (κ2) is 7.64. The summed E-state index contributed by atoms with van der Waals surface area (Å²) < 4.78 is 41.3. The molecule has 0 bridgehead atoms. The number of rotatable bonds is 6. The van der Waals surface area contributed by atoms with Crippen molar-refractivity contribution >= 4 is 32.7 Å². The third kappa shape index (κ3) is 3.87. The summed E-state index contributed by atoms with van der Waals surface area (Å²) in [7, 11) is -4.33. The van der Waals surface area contributed by atoms with Gasteiger partial charge in [-0.25, -0.2) is 17.8 Å². The van der Waals surface area contributed by atoms with Crippen molar-refractivity contribution in [3.05, 3.63) is 80.0 Å². The molecule has 3 rings (SSSR count). The van der Waals surface area contributed by atoms with Crippen LogP contribution in [0.25, 0.3) is 0 Å². The van der Waals surface area contributed by atoms with Crippen molar-refractivity contribution in [2.24, 2.45) is 0 Å². The highest BCUT2D eigenvalue weighted by atomic mass is 32.2.